The van der Waals surface area contributed by atoms with Gasteiger partial charge in [0.05, 0.1) is 12.7 Å². The van der Waals surface area contributed by atoms with Gasteiger partial charge in [0, 0.05) is 4.47 Å². The second-order valence-corrected chi connectivity index (χ2v) is 4.88. The number of hydrogen-bond donors (Lipinski definition) is 0. The van der Waals surface area contributed by atoms with Crippen molar-refractivity contribution in [2.24, 2.45) is 0 Å². The lowest BCUT2D eigenvalue weighted by Gasteiger charge is -2.06. The largest absolute Gasteiger partial charge is 0.497 e. The fourth-order valence-corrected chi connectivity index (χ4v) is 1.91. The summed E-state index contributed by atoms with van der Waals surface area (Å²) in [7, 11) is 1.59. The summed E-state index contributed by atoms with van der Waals surface area (Å²) in [6.45, 7) is 1.96. The van der Waals surface area contributed by atoms with Gasteiger partial charge in [0.15, 0.2) is 0 Å². The molecule has 0 saturated heterocycles. The Morgan fingerprint density at radius 3 is 2.26 bits per heavy atom. The van der Waals surface area contributed by atoms with Gasteiger partial charge < -0.3 is 9.47 Å². The third kappa shape index (κ3) is 3.35. The maximum absolute atomic E-state index is 12.0. The van der Waals surface area contributed by atoms with Crippen LogP contribution in [0.15, 0.2) is 46.9 Å². The number of esters is 1. The molecule has 0 spiro atoms. The summed E-state index contributed by atoms with van der Waals surface area (Å²) in [5, 5.41) is 0. The van der Waals surface area contributed by atoms with Crippen molar-refractivity contribution in [1.82, 2.24) is 0 Å². The first-order valence-electron chi connectivity index (χ1n) is 5.72. The standard InChI is InChI=1S/C15H13BrO3/c1-10-3-4-11(9-14(10)16)15(17)19-13-7-5-12(18-2)6-8-13/h3-9H,1-2H3. The fourth-order valence-electron chi connectivity index (χ4n) is 1.53. The maximum atomic E-state index is 12.0. The van der Waals surface area contributed by atoms with E-state index < -0.39 is 0 Å². The normalized spacial score (nSPS) is 10.1. The van der Waals surface area contributed by atoms with Gasteiger partial charge in [-0.15, -0.1) is 0 Å². The summed E-state index contributed by atoms with van der Waals surface area (Å²) in [5.41, 5.74) is 1.58. The summed E-state index contributed by atoms with van der Waals surface area (Å²) < 4.78 is 11.2. The molecular formula is C15H13BrO3. The van der Waals surface area contributed by atoms with E-state index in [0.717, 1.165) is 15.8 Å². The van der Waals surface area contributed by atoms with Crippen LogP contribution >= 0.6 is 15.9 Å². The van der Waals surface area contributed by atoms with Crippen molar-refractivity contribution in [2.45, 2.75) is 6.92 Å². The minimum Gasteiger partial charge on any atom is -0.497 e. The number of methoxy groups -OCH3 is 1. The number of aryl methyl sites for hydroxylation is 1. The number of benzene rings is 2. The molecule has 0 atom stereocenters. The van der Waals surface area contributed by atoms with Crippen molar-refractivity contribution >= 4 is 21.9 Å². The van der Waals surface area contributed by atoms with Crippen LogP contribution in [0.25, 0.3) is 0 Å². The number of carbonyl (C=O) groups is 1. The van der Waals surface area contributed by atoms with Gasteiger partial charge in [-0.3, -0.25) is 0 Å². The van der Waals surface area contributed by atoms with Crippen LogP contribution in [-0.4, -0.2) is 13.1 Å². The number of hydrogen-bond acceptors (Lipinski definition) is 3. The van der Waals surface area contributed by atoms with Crippen LogP contribution < -0.4 is 9.47 Å². The van der Waals surface area contributed by atoms with Crippen LogP contribution in [0.2, 0.25) is 0 Å². The molecular weight excluding hydrogens is 308 g/mol. The SMILES string of the molecule is COc1ccc(OC(=O)c2ccc(C)c(Br)c2)cc1. The predicted molar refractivity (Wildman–Crippen MR) is 76.8 cm³/mol. The highest BCUT2D eigenvalue weighted by atomic mass is 79.9. The maximum Gasteiger partial charge on any atom is 0.343 e. The zero-order chi connectivity index (χ0) is 13.8. The first kappa shape index (κ1) is 13.6. The molecule has 3 nitrogen and oxygen atoms in total. The van der Waals surface area contributed by atoms with Gasteiger partial charge in [-0.25, -0.2) is 4.79 Å². The van der Waals surface area contributed by atoms with Crippen molar-refractivity contribution in [2.75, 3.05) is 7.11 Å². The van der Waals surface area contributed by atoms with E-state index >= 15 is 0 Å². The van der Waals surface area contributed by atoms with Gasteiger partial charge >= 0.3 is 5.97 Å². The molecule has 19 heavy (non-hydrogen) atoms. The van der Waals surface area contributed by atoms with E-state index in [2.05, 4.69) is 15.9 Å². The summed E-state index contributed by atoms with van der Waals surface area (Å²) in [5.74, 6) is 0.825. The molecule has 0 saturated carbocycles. The van der Waals surface area contributed by atoms with Crippen LogP contribution in [0.3, 0.4) is 0 Å². The smallest absolute Gasteiger partial charge is 0.343 e. The molecule has 98 valence electrons. The molecule has 0 aliphatic rings. The first-order valence-corrected chi connectivity index (χ1v) is 6.52. The van der Waals surface area contributed by atoms with E-state index in [-0.39, 0.29) is 5.97 Å². The van der Waals surface area contributed by atoms with Crippen LogP contribution in [0, 0.1) is 6.92 Å². The quantitative estimate of drug-likeness (QED) is 0.633. The van der Waals surface area contributed by atoms with Gasteiger partial charge in [-0.05, 0) is 48.9 Å². The van der Waals surface area contributed by atoms with E-state index in [1.807, 2.05) is 13.0 Å². The molecule has 0 aliphatic heterocycles. The van der Waals surface area contributed by atoms with Crippen LogP contribution in [0.5, 0.6) is 11.5 Å². The van der Waals surface area contributed by atoms with Crippen molar-refractivity contribution in [3.63, 3.8) is 0 Å². The van der Waals surface area contributed by atoms with Crippen LogP contribution in [0.4, 0.5) is 0 Å². The predicted octanol–water partition coefficient (Wildman–Crippen LogP) is 3.99. The molecule has 0 unspecified atom stereocenters. The molecule has 0 amide bonds. The monoisotopic (exact) mass is 320 g/mol. The van der Waals surface area contributed by atoms with Gasteiger partial charge in [0.25, 0.3) is 0 Å². The molecule has 2 rings (SSSR count). The Balaban J connectivity index is 2.13. The Kier molecular flexibility index (Phi) is 4.22. The zero-order valence-electron chi connectivity index (χ0n) is 10.6. The molecule has 0 radical (unpaired) electrons. The third-order valence-corrected chi connectivity index (χ3v) is 3.53. The number of carbonyl (C=O) groups excluding carboxylic acids is 1. The third-order valence-electron chi connectivity index (χ3n) is 2.68. The Bertz CT molecular complexity index is 591. The average molecular weight is 321 g/mol. The number of rotatable bonds is 3. The lowest BCUT2D eigenvalue weighted by atomic mass is 10.1. The van der Waals surface area contributed by atoms with Gasteiger partial charge in [0.1, 0.15) is 11.5 Å². The van der Waals surface area contributed by atoms with E-state index in [0.29, 0.717) is 11.3 Å². The fraction of sp³-hybridized carbons (Fsp3) is 0.133. The average Bonchev–Trinajstić information content (AvgIpc) is 2.42. The Hall–Kier alpha value is -1.81. The summed E-state index contributed by atoms with van der Waals surface area (Å²) >= 11 is 3.39. The highest BCUT2D eigenvalue weighted by Gasteiger charge is 2.10. The molecule has 0 aromatic heterocycles. The summed E-state index contributed by atoms with van der Waals surface area (Å²) in [6, 6.07) is 12.2. The van der Waals surface area contributed by atoms with Gasteiger partial charge in [0.2, 0.25) is 0 Å². The summed E-state index contributed by atoms with van der Waals surface area (Å²) in [4.78, 5) is 12.0. The second kappa shape index (κ2) is 5.89. The molecule has 2 aromatic carbocycles. The van der Waals surface area contributed by atoms with E-state index in [9.17, 15) is 4.79 Å². The number of ether oxygens (including phenoxy) is 2. The lowest BCUT2D eigenvalue weighted by Crippen LogP contribution is -2.08. The van der Waals surface area contributed by atoms with E-state index in [4.69, 9.17) is 9.47 Å². The molecule has 0 aliphatic carbocycles. The second-order valence-electron chi connectivity index (χ2n) is 4.03. The summed E-state index contributed by atoms with van der Waals surface area (Å²) in [6.07, 6.45) is 0. The van der Waals surface area contributed by atoms with Crippen molar-refractivity contribution < 1.29 is 14.3 Å². The number of halogens is 1. The van der Waals surface area contributed by atoms with Crippen molar-refractivity contribution in [3.8, 4) is 11.5 Å². The zero-order valence-corrected chi connectivity index (χ0v) is 12.2. The Labute approximate surface area is 120 Å². The molecule has 2 aromatic rings. The van der Waals surface area contributed by atoms with Crippen LogP contribution in [0.1, 0.15) is 15.9 Å². The molecule has 4 heteroatoms. The van der Waals surface area contributed by atoms with Crippen molar-refractivity contribution in [3.05, 3.63) is 58.1 Å². The molecule has 0 bridgehead atoms. The molecule has 0 fully saturated rings. The Morgan fingerprint density at radius 1 is 1.05 bits per heavy atom. The minimum absolute atomic E-state index is 0.383. The van der Waals surface area contributed by atoms with E-state index in [1.54, 1.807) is 43.5 Å². The van der Waals surface area contributed by atoms with Gasteiger partial charge in [-0.2, -0.15) is 0 Å². The van der Waals surface area contributed by atoms with Gasteiger partial charge in [-0.1, -0.05) is 22.0 Å². The minimum atomic E-state index is -0.383. The highest BCUT2D eigenvalue weighted by molar-refractivity contribution is 9.10. The lowest BCUT2D eigenvalue weighted by molar-refractivity contribution is 0.0734. The highest BCUT2D eigenvalue weighted by Crippen LogP contribution is 2.21. The molecule has 0 heterocycles. The van der Waals surface area contributed by atoms with Crippen LogP contribution in [-0.2, 0) is 0 Å². The topological polar surface area (TPSA) is 35.5 Å². The molecule has 0 N–H and O–H groups in total. The van der Waals surface area contributed by atoms with Crippen molar-refractivity contribution in [1.29, 1.82) is 0 Å². The van der Waals surface area contributed by atoms with E-state index in [1.165, 1.54) is 0 Å². The first-order chi connectivity index (χ1) is 9.10. The Morgan fingerprint density at radius 2 is 1.68 bits per heavy atom.